The third-order valence-corrected chi connectivity index (χ3v) is 4.49. The largest absolute Gasteiger partial charge is 0.491 e. The van der Waals surface area contributed by atoms with Gasteiger partial charge in [-0.2, -0.15) is 0 Å². The number of rotatable bonds is 11. The Hall–Kier alpha value is -3.36. The number of hydrogen-bond acceptors (Lipinski definition) is 6. The van der Waals surface area contributed by atoms with E-state index in [0.29, 0.717) is 24.3 Å². The lowest BCUT2D eigenvalue weighted by Crippen LogP contribution is -2.22. The second-order valence-corrected chi connectivity index (χ2v) is 6.89. The summed E-state index contributed by atoms with van der Waals surface area (Å²) >= 11 is 0. The van der Waals surface area contributed by atoms with Crippen LogP contribution in [-0.4, -0.2) is 35.5 Å². The molecule has 0 aromatic heterocycles. The number of para-hydroxylation sites is 1. The predicted octanol–water partition coefficient (Wildman–Crippen LogP) is 3.83. The number of anilines is 1. The molecule has 4 N–H and O–H groups in total. The topological polar surface area (TPSA) is 117 Å². The van der Waals surface area contributed by atoms with Gasteiger partial charge in [0.2, 0.25) is 0 Å². The molecule has 0 saturated carbocycles. The number of allylic oxidation sites excluding steroid dienone is 1. The number of hydrogen-bond donors (Lipinski definition) is 4. The third-order valence-electron chi connectivity index (χ3n) is 4.49. The average molecular weight is 428 g/mol. The van der Waals surface area contributed by atoms with Gasteiger partial charge in [0.25, 0.3) is 5.91 Å². The Morgan fingerprint density at radius 2 is 1.90 bits per heavy atom. The van der Waals surface area contributed by atoms with E-state index in [0.717, 1.165) is 5.56 Å². The fraction of sp³-hybridized carbons (Fsp3) is 0.304. The van der Waals surface area contributed by atoms with Crippen LogP contribution in [0.15, 0.2) is 66.7 Å². The lowest BCUT2D eigenvalue weighted by molar-refractivity contribution is -0.124. The molecule has 2 atom stereocenters. The molecule has 0 bridgehead atoms. The van der Waals surface area contributed by atoms with E-state index < -0.39 is 18.1 Å². The number of carbonyl (C=O) groups is 2. The van der Waals surface area contributed by atoms with Crippen LogP contribution in [0.1, 0.15) is 31.4 Å². The molecule has 0 saturated heterocycles. The van der Waals surface area contributed by atoms with Crippen molar-refractivity contribution in [3.63, 3.8) is 0 Å². The van der Waals surface area contributed by atoms with E-state index in [1.807, 2.05) is 31.2 Å². The van der Waals surface area contributed by atoms with Crippen molar-refractivity contribution in [2.24, 2.45) is 5.92 Å². The summed E-state index contributed by atoms with van der Waals surface area (Å²) in [5.74, 6) is -0.122. The summed E-state index contributed by atoms with van der Waals surface area (Å²) in [6.45, 7) is 2.01. The molecule has 2 aromatic rings. The first kappa shape index (κ1) is 23.9. The second kappa shape index (κ2) is 13.0. The minimum Gasteiger partial charge on any atom is -0.491 e. The Bertz CT molecular complexity index is 856. The molecule has 0 heterocycles. The molecule has 0 radical (unpaired) electrons. The zero-order chi connectivity index (χ0) is 22.5. The Labute approximate surface area is 181 Å². The molecule has 0 spiro atoms. The Balaban J connectivity index is 2.13. The van der Waals surface area contributed by atoms with Crippen molar-refractivity contribution >= 4 is 17.7 Å². The monoisotopic (exact) mass is 428 g/mol. The average Bonchev–Trinajstić information content (AvgIpc) is 2.79. The van der Waals surface area contributed by atoms with Gasteiger partial charge >= 0.3 is 6.09 Å². The number of hydroxylamine groups is 1. The van der Waals surface area contributed by atoms with Gasteiger partial charge < -0.3 is 14.6 Å². The van der Waals surface area contributed by atoms with Crippen LogP contribution in [0.3, 0.4) is 0 Å². The summed E-state index contributed by atoms with van der Waals surface area (Å²) in [5, 5.41) is 20.2. The van der Waals surface area contributed by atoms with E-state index in [2.05, 4.69) is 5.32 Å². The number of carbonyl (C=O) groups excluding carboxylic acids is 2. The van der Waals surface area contributed by atoms with Crippen LogP contribution in [-0.2, 0) is 9.53 Å². The highest BCUT2D eigenvalue weighted by molar-refractivity contribution is 5.86. The molecular formula is C23H28N2O6. The van der Waals surface area contributed by atoms with Gasteiger partial charge in [-0.05, 0) is 48.6 Å². The van der Waals surface area contributed by atoms with E-state index in [1.54, 1.807) is 36.4 Å². The molecule has 2 amide bonds. The molecule has 8 heteroatoms. The van der Waals surface area contributed by atoms with Gasteiger partial charge in [-0.3, -0.25) is 15.3 Å². The molecule has 0 aliphatic carbocycles. The molecule has 2 rings (SSSR count). The van der Waals surface area contributed by atoms with Crippen molar-refractivity contribution in [1.82, 2.24) is 5.48 Å². The Morgan fingerprint density at radius 3 is 2.61 bits per heavy atom. The summed E-state index contributed by atoms with van der Waals surface area (Å²) < 4.78 is 11.2. The molecular weight excluding hydrogens is 400 g/mol. The Morgan fingerprint density at radius 1 is 1.13 bits per heavy atom. The number of ether oxygens (including phenoxy) is 2. The van der Waals surface area contributed by atoms with E-state index >= 15 is 0 Å². The fourth-order valence-corrected chi connectivity index (χ4v) is 2.98. The minimum atomic E-state index is -0.601. The van der Waals surface area contributed by atoms with Gasteiger partial charge in [0.05, 0.1) is 6.61 Å². The van der Waals surface area contributed by atoms with Gasteiger partial charge in [0, 0.05) is 11.8 Å². The van der Waals surface area contributed by atoms with Crippen molar-refractivity contribution in [2.75, 3.05) is 18.5 Å². The zero-order valence-corrected chi connectivity index (χ0v) is 17.4. The van der Waals surface area contributed by atoms with Crippen LogP contribution in [0, 0.1) is 5.92 Å². The van der Waals surface area contributed by atoms with E-state index in [-0.39, 0.29) is 19.1 Å². The van der Waals surface area contributed by atoms with Gasteiger partial charge in [-0.1, -0.05) is 43.3 Å². The number of aliphatic hydroxyl groups excluding tert-OH is 1. The van der Waals surface area contributed by atoms with Gasteiger partial charge in [0.1, 0.15) is 18.5 Å². The zero-order valence-electron chi connectivity index (χ0n) is 17.4. The van der Waals surface area contributed by atoms with Crippen molar-refractivity contribution < 1.29 is 29.4 Å². The molecule has 0 aliphatic heterocycles. The van der Waals surface area contributed by atoms with E-state index in [1.165, 1.54) is 11.6 Å². The standard InChI is InChI=1S/C23H28N2O6/c1-17(8-5-6-13-21(27)25-29)22(18-9-7-12-20(16-18)30-15-14-26)31-23(28)24-19-10-3-2-4-11-19/h2-4,6-7,9-13,16-17,22,26,29H,5,8,14-15H2,1H3,(H,24,28)(H,25,27)/b13-6+/t17-,22+/m0/s1. The van der Waals surface area contributed by atoms with Crippen molar-refractivity contribution in [2.45, 2.75) is 25.9 Å². The fourth-order valence-electron chi connectivity index (χ4n) is 2.98. The maximum absolute atomic E-state index is 12.5. The molecule has 0 fully saturated rings. The first-order chi connectivity index (χ1) is 15.0. The summed E-state index contributed by atoms with van der Waals surface area (Å²) in [6, 6.07) is 16.2. The van der Waals surface area contributed by atoms with Crippen LogP contribution >= 0.6 is 0 Å². The molecule has 31 heavy (non-hydrogen) atoms. The number of amides is 2. The summed E-state index contributed by atoms with van der Waals surface area (Å²) in [4.78, 5) is 23.6. The third kappa shape index (κ3) is 8.49. The van der Waals surface area contributed by atoms with Gasteiger partial charge in [-0.25, -0.2) is 10.3 Å². The van der Waals surface area contributed by atoms with Crippen molar-refractivity contribution in [3.05, 3.63) is 72.3 Å². The summed E-state index contributed by atoms with van der Waals surface area (Å²) in [5.41, 5.74) is 2.91. The Kier molecular flexibility index (Phi) is 10.1. The highest BCUT2D eigenvalue weighted by Gasteiger charge is 2.24. The van der Waals surface area contributed by atoms with Crippen LogP contribution in [0.2, 0.25) is 0 Å². The molecule has 166 valence electrons. The van der Waals surface area contributed by atoms with E-state index in [9.17, 15) is 9.59 Å². The quantitative estimate of drug-likeness (QED) is 0.246. The first-order valence-corrected chi connectivity index (χ1v) is 10.0. The van der Waals surface area contributed by atoms with Crippen LogP contribution in [0.4, 0.5) is 10.5 Å². The number of aliphatic hydroxyl groups is 1. The number of nitrogens with one attached hydrogen (secondary N) is 2. The highest BCUT2D eigenvalue weighted by Crippen LogP contribution is 2.32. The molecule has 8 nitrogen and oxygen atoms in total. The maximum Gasteiger partial charge on any atom is 0.412 e. The van der Waals surface area contributed by atoms with Crippen LogP contribution in [0.25, 0.3) is 0 Å². The van der Waals surface area contributed by atoms with Gasteiger partial charge in [0.15, 0.2) is 0 Å². The number of benzene rings is 2. The predicted molar refractivity (Wildman–Crippen MR) is 116 cm³/mol. The van der Waals surface area contributed by atoms with Gasteiger partial charge in [-0.15, -0.1) is 0 Å². The summed E-state index contributed by atoms with van der Waals surface area (Å²) in [7, 11) is 0. The lowest BCUT2D eigenvalue weighted by Gasteiger charge is -2.25. The van der Waals surface area contributed by atoms with E-state index in [4.69, 9.17) is 19.8 Å². The second-order valence-electron chi connectivity index (χ2n) is 6.89. The smallest absolute Gasteiger partial charge is 0.412 e. The first-order valence-electron chi connectivity index (χ1n) is 10.0. The van der Waals surface area contributed by atoms with Crippen molar-refractivity contribution in [1.29, 1.82) is 0 Å². The highest BCUT2D eigenvalue weighted by atomic mass is 16.6. The van der Waals surface area contributed by atoms with Crippen LogP contribution in [0.5, 0.6) is 5.75 Å². The lowest BCUT2D eigenvalue weighted by atomic mass is 9.93. The van der Waals surface area contributed by atoms with Crippen molar-refractivity contribution in [3.8, 4) is 5.75 Å². The molecule has 2 aromatic carbocycles. The molecule has 0 aliphatic rings. The maximum atomic E-state index is 12.5. The normalized spacial score (nSPS) is 12.7. The minimum absolute atomic E-state index is 0.0866. The van der Waals surface area contributed by atoms with Crippen LogP contribution < -0.4 is 15.5 Å². The molecule has 0 unspecified atom stereocenters. The SMILES string of the molecule is C[C@@H](CC/C=C/C(=O)NO)[C@@H](OC(=O)Nc1ccccc1)c1cccc(OCCO)c1. The summed E-state index contributed by atoms with van der Waals surface area (Å²) in [6.07, 6.45) is 2.91.